The first kappa shape index (κ1) is 28.6. The van der Waals surface area contributed by atoms with Gasteiger partial charge in [0.1, 0.15) is 0 Å². The van der Waals surface area contributed by atoms with Crippen molar-refractivity contribution >= 4 is 51.2 Å². The zero-order valence-corrected chi connectivity index (χ0v) is 43.6. The molecule has 0 bridgehead atoms. The Hall–Kier alpha value is -10.7. The molecule has 0 saturated carbocycles. The molecule has 2 heterocycles. The molecule has 1 aliphatic carbocycles. The molecule has 0 spiro atoms. The molecule has 13 aromatic rings. The van der Waals surface area contributed by atoms with Crippen LogP contribution in [0.25, 0.3) is 66.8 Å². The van der Waals surface area contributed by atoms with E-state index < -0.39 is 219 Å². The number of fused-ring (bicyclic) bond motifs is 6. The second kappa shape index (κ2) is 20.1. The van der Waals surface area contributed by atoms with Crippen molar-refractivity contribution in [3.05, 3.63) is 343 Å². The molecule has 2 aliphatic heterocycles. The van der Waals surface area contributed by atoms with Crippen molar-refractivity contribution in [1.82, 2.24) is 0 Å². The van der Waals surface area contributed by atoms with E-state index in [4.69, 9.17) is 5.48 Å². The Kier molecular flexibility index (Phi) is 6.93. The SMILES string of the molecule is [2H]c1c([2H])c([2H])c(-c2c([2H])c([2H])c([2H])c(-c3c([2H])c([2H])c([2H])c([2H])c3[2H])c2N2c3ccc(-c4ccccc4)cc3N3c4cc(-c5ccccc5)ccc4N(c4c(-c5c([2H])c([2H])c([2H])c([2H])c5[2H])c([2H])c([2H])c([2H])c4-c4c([2H])c([2H])c([2H])c([2H])c4[2H])c4cc(C5c6ccccc6Cc6ccccc65)cc2c43)c([2H])c1[2H]. The Balaban J connectivity index is 1.21. The monoisotopic (exact) mass is 1080 g/mol. The highest BCUT2D eigenvalue weighted by Gasteiger charge is 2.43. The number of hydrogen-bond acceptors (Lipinski definition) is 3. The van der Waals surface area contributed by atoms with Gasteiger partial charge in [0.15, 0.2) is 0 Å². The fourth-order valence-corrected chi connectivity index (χ4v) is 12.0. The smallest absolute Gasteiger partial charge is 0.0948 e. The molecule has 0 unspecified atom stereocenters. The summed E-state index contributed by atoms with van der Waals surface area (Å²) in [5.41, 5.74) is -0.0204. The van der Waals surface area contributed by atoms with Crippen LogP contribution in [0, 0.1) is 0 Å². The van der Waals surface area contributed by atoms with Gasteiger partial charge < -0.3 is 14.7 Å². The lowest BCUT2D eigenvalue weighted by molar-refractivity contribution is 0.884. The van der Waals surface area contributed by atoms with E-state index in [0.717, 1.165) is 22.3 Å². The molecule has 83 heavy (non-hydrogen) atoms. The van der Waals surface area contributed by atoms with Crippen LogP contribution in [0.3, 0.4) is 0 Å². The third kappa shape index (κ3) is 8.11. The second-order valence-corrected chi connectivity index (χ2v) is 20.0. The Morgan fingerprint density at radius 1 is 0.265 bits per heavy atom. The van der Waals surface area contributed by atoms with Crippen LogP contribution < -0.4 is 14.7 Å². The first-order chi connectivity index (χ1) is 52.0. The van der Waals surface area contributed by atoms with Crippen LogP contribution in [-0.2, 0) is 6.42 Å². The maximum atomic E-state index is 10.3. The van der Waals surface area contributed by atoms with E-state index in [1.54, 1.807) is 48.5 Å². The molecule has 16 rings (SSSR count). The van der Waals surface area contributed by atoms with Gasteiger partial charge in [0.25, 0.3) is 0 Å². The molecule has 0 amide bonds. The number of para-hydroxylation sites is 2. The van der Waals surface area contributed by atoms with Gasteiger partial charge in [-0.15, -0.1) is 0 Å². The van der Waals surface area contributed by atoms with Gasteiger partial charge >= 0.3 is 0 Å². The lowest BCUT2D eigenvalue weighted by Gasteiger charge is -2.49. The van der Waals surface area contributed by atoms with E-state index >= 15 is 0 Å². The Labute approximate surface area is 522 Å². The predicted octanol–water partition coefficient (Wildman–Crippen LogP) is 21.8. The minimum absolute atomic E-state index is 0.00983. The summed E-state index contributed by atoms with van der Waals surface area (Å²) in [5.74, 6) is -0.867. The highest BCUT2D eigenvalue weighted by atomic mass is 15.3. The topological polar surface area (TPSA) is 9.72 Å². The first-order valence-corrected chi connectivity index (χ1v) is 26.7. The van der Waals surface area contributed by atoms with E-state index in [-0.39, 0.29) is 39.8 Å². The standard InChI is InChI=1S/C80H55N3/c1-7-25-54(26-8-1)60-45-47-71-73(50-60)83-74-51-61(55-27-9-2-10-28-55)46-48-72(74)82(79-69(58-33-15-5-16-34-58)43-24-44-70(79)59-35-17-6-18-36-59)76-53-64(77-65-39-21-19-37-62(65)49-63-38-20-22-40-66(63)77)52-75(80(76)83)81(71)78-67(56-29-11-3-12-30-56)41-23-42-68(78)57-31-13-4-14-32-57/h1-48,50-53,77H,49H2/i3D,4D,5D,6D,11D,12D,13D,14D,15D,16D,17D,18D,23D,24D,29D,30D,31D,32D,33D,34D,35D,36D,41D,42D,43D,44D. The number of hydrogen-bond donors (Lipinski definition) is 0. The van der Waals surface area contributed by atoms with Crippen molar-refractivity contribution in [2.75, 3.05) is 14.7 Å². The van der Waals surface area contributed by atoms with Gasteiger partial charge in [-0.05, 0) is 115 Å². The summed E-state index contributed by atoms with van der Waals surface area (Å²) >= 11 is 0. The van der Waals surface area contributed by atoms with Crippen LogP contribution in [0.2, 0.25) is 0 Å². The highest BCUT2D eigenvalue weighted by molar-refractivity contribution is 6.17. The fourth-order valence-electron chi connectivity index (χ4n) is 12.0. The Morgan fingerprint density at radius 3 is 1.00 bits per heavy atom. The van der Waals surface area contributed by atoms with E-state index in [0.29, 0.717) is 34.2 Å². The summed E-state index contributed by atoms with van der Waals surface area (Å²) in [6.07, 6.45) is 0.433. The minimum atomic E-state index is -0.957. The summed E-state index contributed by atoms with van der Waals surface area (Å²) in [7, 11) is 0. The van der Waals surface area contributed by atoms with Gasteiger partial charge in [0.05, 0.1) is 86.8 Å². The third-order valence-electron chi connectivity index (χ3n) is 15.5. The number of nitrogens with zero attached hydrogens (tertiary/aromatic N) is 3. The van der Waals surface area contributed by atoms with Crippen LogP contribution in [-0.4, -0.2) is 0 Å². The van der Waals surface area contributed by atoms with Crippen LogP contribution in [0.15, 0.2) is 315 Å². The summed E-state index contributed by atoms with van der Waals surface area (Å²) < 4.78 is 249. The zero-order valence-electron chi connectivity index (χ0n) is 69.6. The van der Waals surface area contributed by atoms with Gasteiger partial charge in [0.2, 0.25) is 0 Å². The van der Waals surface area contributed by atoms with Crippen LogP contribution >= 0.6 is 0 Å². The molecule has 0 N–H and O–H groups in total. The summed E-state index contributed by atoms with van der Waals surface area (Å²) in [5, 5.41) is 0. The minimum Gasteiger partial charge on any atom is -0.305 e. The van der Waals surface area contributed by atoms with Crippen LogP contribution in [0.5, 0.6) is 0 Å². The summed E-state index contributed by atoms with van der Waals surface area (Å²) in [4.78, 5) is 4.82. The van der Waals surface area contributed by atoms with Crippen molar-refractivity contribution < 1.29 is 35.6 Å². The van der Waals surface area contributed by atoms with Crippen molar-refractivity contribution in [2.45, 2.75) is 12.3 Å². The molecule has 3 aliphatic rings. The number of benzene rings is 13. The summed E-state index contributed by atoms with van der Waals surface area (Å²) in [6.45, 7) is 0. The molecule has 0 saturated heterocycles. The average Bonchev–Trinajstić information content (AvgIpc) is 0.681. The van der Waals surface area contributed by atoms with E-state index in [1.165, 1.54) is 9.80 Å². The van der Waals surface area contributed by atoms with E-state index in [1.807, 2.05) is 114 Å². The first-order valence-electron chi connectivity index (χ1n) is 39.7. The zero-order chi connectivity index (χ0) is 77.4. The van der Waals surface area contributed by atoms with E-state index in [9.17, 15) is 30.2 Å². The molecule has 13 aromatic carbocycles. The Morgan fingerprint density at radius 2 is 0.614 bits per heavy atom. The normalized spacial score (nSPS) is 17.3. The van der Waals surface area contributed by atoms with Gasteiger partial charge in [-0.1, -0.05) is 278 Å². The summed E-state index contributed by atoms with van der Waals surface area (Å²) in [6, 6.07) is 24.1. The molecular weight excluding hydrogens is 1000 g/mol. The molecule has 3 nitrogen and oxygen atoms in total. The van der Waals surface area contributed by atoms with Gasteiger partial charge in [-0.2, -0.15) is 0 Å². The van der Waals surface area contributed by atoms with Crippen LogP contribution in [0.1, 0.15) is 69.4 Å². The fraction of sp³-hybridized carbons (Fsp3) is 0.0250. The van der Waals surface area contributed by atoms with Crippen molar-refractivity contribution in [3.63, 3.8) is 0 Å². The van der Waals surface area contributed by atoms with Crippen molar-refractivity contribution in [3.8, 4) is 66.8 Å². The van der Waals surface area contributed by atoms with Gasteiger partial charge in [-0.3, -0.25) is 0 Å². The highest BCUT2D eigenvalue weighted by Crippen LogP contribution is 2.67. The van der Waals surface area contributed by atoms with Crippen LogP contribution in [0.4, 0.5) is 51.2 Å². The third-order valence-corrected chi connectivity index (χ3v) is 15.5. The quantitative estimate of drug-likeness (QED) is 0.143. The number of rotatable bonds is 9. The molecule has 0 radical (unpaired) electrons. The molecule has 0 fully saturated rings. The van der Waals surface area contributed by atoms with Gasteiger partial charge in [-0.25, -0.2) is 0 Å². The molecule has 390 valence electrons. The lowest BCUT2D eigenvalue weighted by Crippen LogP contribution is -2.31. The molecule has 0 atom stereocenters. The van der Waals surface area contributed by atoms with Gasteiger partial charge in [0, 0.05) is 28.2 Å². The largest absolute Gasteiger partial charge is 0.305 e. The average molecular weight is 1080 g/mol. The van der Waals surface area contributed by atoms with Crippen molar-refractivity contribution in [2.24, 2.45) is 0 Å². The molecule has 3 heteroatoms. The van der Waals surface area contributed by atoms with Crippen molar-refractivity contribution in [1.29, 1.82) is 0 Å². The lowest BCUT2D eigenvalue weighted by atomic mass is 9.74. The number of anilines is 9. The predicted molar refractivity (Wildman–Crippen MR) is 347 cm³/mol. The Bertz CT molecular complexity index is 5530. The molecule has 0 aromatic heterocycles. The second-order valence-electron chi connectivity index (χ2n) is 20.0. The maximum Gasteiger partial charge on any atom is 0.0948 e. The molecular formula is C80H55N3. The van der Waals surface area contributed by atoms with E-state index in [2.05, 4.69) is 0 Å². The maximum absolute atomic E-state index is 10.3.